The topological polar surface area (TPSA) is 75.6 Å². The molecule has 0 unspecified atom stereocenters. The Labute approximate surface area is 130 Å². The maximum absolute atomic E-state index is 11.6. The van der Waals surface area contributed by atoms with Crippen molar-refractivity contribution in [1.82, 2.24) is 15.6 Å². The van der Waals surface area contributed by atoms with E-state index in [1.54, 1.807) is 18.4 Å². The third kappa shape index (κ3) is 6.57. The molecule has 0 bridgehead atoms. The van der Waals surface area contributed by atoms with E-state index in [2.05, 4.69) is 20.6 Å². The van der Waals surface area contributed by atoms with Gasteiger partial charge in [0.1, 0.15) is 17.2 Å². The monoisotopic (exact) mass is 312 g/mol. The van der Waals surface area contributed by atoms with Gasteiger partial charge in [-0.3, -0.25) is 9.79 Å². The Morgan fingerprint density at radius 3 is 2.48 bits per heavy atom. The number of hydrogen-bond donors (Lipinski definition) is 2. The average molecular weight is 312 g/mol. The van der Waals surface area contributed by atoms with E-state index in [-0.39, 0.29) is 12.5 Å². The second-order valence-corrected chi connectivity index (χ2v) is 6.90. The molecule has 0 amide bonds. The summed E-state index contributed by atoms with van der Waals surface area (Å²) in [6.45, 7) is 10.2. The molecular weight excluding hydrogens is 288 g/mol. The zero-order chi connectivity index (χ0) is 16.0. The van der Waals surface area contributed by atoms with E-state index in [0.717, 1.165) is 10.7 Å². The van der Waals surface area contributed by atoms with Gasteiger partial charge in [-0.05, 0) is 34.6 Å². The Bertz CT molecular complexity index is 498. The summed E-state index contributed by atoms with van der Waals surface area (Å²) in [5.74, 6) is 0.234. The minimum Gasteiger partial charge on any atom is -0.459 e. The fourth-order valence-corrected chi connectivity index (χ4v) is 2.40. The molecule has 118 valence electrons. The number of ether oxygens (including phenoxy) is 1. The molecule has 6 nitrogen and oxygen atoms in total. The van der Waals surface area contributed by atoms with Crippen LogP contribution in [0.1, 0.15) is 36.3 Å². The van der Waals surface area contributed by atoms with Crippen molar-refractivity contribution in [3.8, 4) is 0 Å². The number of rotatable bonds is 4. The predicted octanol–water partition coefficient (Wildman–Crippen LogP) is 1.77. The van der Waals surface area contributed by atoms with Gasteiger partial charge >= 0.3 is 5.97 Å². The normalized spacial score (nSPS) is 12.2. The summed E-state index contributed by atoms with van der Waals surface area (Å²) in [4.78, 5) is 21.3. The van der Waals surface area contributed by atoms with E-state index in [0.29, 0.717) is 12.5 Å². The molecule has 0 radical (unpaired) electrons. The molecule has 0 saturated carbocycles. The van der Waals surface area contributed by atoms with Crippen LogP contribution < -0.4 is 10.6 Å². The van der Waals surface area contributed by atoms with E-state index in [1.165, 1.54) is 4.88 Å². The number of nitrogens with one attached hydrogen (secondary N) is 2. The van der Waals surface area contributed by atoms with Crippen LogP contribution in [0, 0.1) is 13.8 Å². The van der Waals surface area contributed by atoms with Gasteiger partial charge in [-0.1, -0.05) is 0 Å². The van der Waals surface area contributed by atoms with Crippen LogP contribution in [0.15, 0.2) is 4.99 Å². The highest BCUT2D eigenvalue weighted by atomic mass is 32.1. The molecule has 1 heterocycles. The number of guanidine groups is 1. The first kappa shape index (κ1) is 17.4. The molecule has 21 heavy (non-hydrogen) atoms. The SMILES string of the molecule is CN=C(NCC(=O)OC(C)(C)C)NCc1nc(C)c(C)s1. The molecule has 0 fully saturated rings. The molecular formula is C14H24N4O2S. The summed E-state index contributed by atoms with van der Waals surface area (Å²) in [7, 11) is 1.66. The Balaban J connectivity index is 2.41. The second-order valence-electron chi connectivity index (χ2n) is 5.61. The third-order valence-corrected chi connectivity index (χ3v) is 3.60. The number of esters is 1. The Kier molecular flexibility index (Phi) is 6.14. The number of carbonyl (C=O) groups excluding carboxylic acids is 1. The number of aryl methyl sites for hydroxylation is 2. The molecule has 0 aromatic carbocycles. The van der Waals surface area contributed by atoms with Gasteiger partial charge in [-0.15, -0.1) is 11.3 Å². The van der Waals surface area contributed by atoms with Crippen molar-refractivity contribution in [3.63, 3.8) is 0 Å². The van der Waals surface area contributed by atoms with Crippen LogP contribution in [0.3, 0.4) is 0 Å². The van der Waals surface area contributed by atoms with Crippen LogP contribution in [0.5, 0.6) is 0 Å². The van der Waals surface area contributed by atoms with Gasteiger partial charge in [0.2, 0.25) is 0 Å². The lowest BCUT2D eigenvalue weighted by molar-refractivity contribution is -0.153. The van der Waals surface area contributed by atoms with Crippen LogP contribution in [0.25, 0.3) is 0 Å². The highest BCUT2D eigenvalue weighted by Crippen LogP contribution is 2.15. The van der Waals surface area contributed by atoms with Gasteiger partial charge in [0.25, 0.3) is 0 Å². The van der Waals surface area contributed by atoms with Gasteiger partial charge < -0.3 is 15.4 Å². The van der Waals surface area contributed by atoms with E-state index < -0.39 is 5.60 Å². The number of carbonyl (C=O) groups is 1. The molecule has 2 N–H and O–H groups in total. The van der Waals surface area contributed by atoms with Crippen molar-refractivity contribution in [2.24, 2.45) is 4.99 Å². The zero-order valence-electron chi connectivity index (χ0n) is 13.5. The number of thiazole rings is 1. The average Bonchev–Trinajstić information content (AvgIpc) is 2.67. The number of aromatic nitrogens is 1. The fraction of sp³-hybridized carbons (Fsp3) is 0.643. The largest absolute Gasteiger partial charge is 0.459 e. The van der Waals surface area contributed by atoms with E-state index in [9.17, 15) is 4.79 Å². The van der Waals surface area contributed by atoms with Crippen molar-refractivity contribution in [2.45, 2.75) is 46.8 Å². The first-order valence-corrected chi connectivity index (χ1v) is 7.62. The summed E-state index contributed by atoms with van der Waals surface area (Å²) in [5.41, 5.74) is 0.569. The lowest BCUT2D eigenvalue weighted by Gasteiger charge is -2.20. The van der Waals surface area contributed by atoms with E-state index >= 15 is 0 Å². The molecule has 0 saturated heterocycles. The summed E-state index contributed by atoms with van der Waals surface area (Å²) >= 11 is 1.65. The maximum atomic E-state index is 11.6. The zero-order valence-corrected chi connectivity index (χ0v) is 14.3. The van der Waals surface area contributed by atoms with Crippen LogP contribution >= 0.6 is 11.3 Å². The van der Waals surface area contributed by atoms with Crippen molar-refractivity contribution in [2.75, 3.05) is 13.6 Å². The molecule has 1 rings (SSSR count). The van der Waals surface area contributed by atoms with Gasteiger partial charge in [-0.25, -0.2) is 4.98 Å². The van der Waals surface area contributed by atoms with Gasteiger partial charge in [0.15, 0.2) is 5.96 Å². The molecule has 1 aromatic rings. The molecule has 1 aromatic heterocycles. The Morgan fingerprint density at radius 1 is 1.33 bits per heavy atom. The van der Waals surface area contributed by atoms with Crippen LogP contribution in [0.4, 0.5) is 0 Å². The quantitative estimate of drug-likeness (QED) is 0.503. The van der Waals surface area contributed by atoms with Gasteiger partial charge in [-0.2, -0.15) is 0 Å². The van der Waals surface area contributed by atoms with Crippen LogP contribution in [-0.2, 0) is 16.1 Å². The number of nitrogens with zero attached hydrogens (tertiary/aromatic N) is 2. The minimum absolute atomic E-state index is 0.0763. The second kappa shape index (κ2) is 7.40. The highest BCUT2D eigenvalue weighted by Gasteiger charge is 2.16. The van der Waals surface area contributed by atoms with E-state index in [1.807, 2.05) is 34.6 Å². The smallest absolute Gasteiger partial charge is 0.325 e. The lowest BCUT2D eigenvalue weighted by Crippen LogP contribution is -2.41. The van der Waals surface area contributed by atoms with E-state index in [4.69, 9.17) is 4.74 Å². The molecule has 0 atom stereocenters. The Hall–Kier alpha value is -1.63. The molecule has 0 aliphatic carbocycles. The first-order chi connectivity index (χ1) is 9.71. The van der Waals surface area contributed by atoms with Crippen molar-refractivity contribution in [3.05, 3.63) is 15.6 Å². The maximum Gasteiger partial charge on any atom is 0.325 e. The lowest BCUT2D eigenvalue weighted by atomic mass is 10.2. The van der Waals surface area contributed by atoms with Crippen LogP contribution in [-0.4, -0.2) is 36.1 Å². The summed E-state index contributed by atoms with van der Waals surface area (Å²) < 4.78 is 5.22. The minimum atomic E-state index is -0.481. The van der Waals surface area contributed by atoms with Gasteiger partial charge in [0.05, 0.1) is 12.2 Å². The summed E-state index contributed by atoms with van der Waals surface area (Å²) in [6, 6.07) is 0. The molecule has 7 heteroatoms. The molecule has 0 aliphatic rings. The number of hydrogen-bond acceptors (Lipinski definition) is 5. The summed E-state index contributed by atoms with van der Waals surface area (Å²) in [5, 5.41) is 7.04. The van der Waals surface area contributed by atoms with Crippen molar-refractivity contribution < 1.29 is 9.53 Å². The molecule has 0 aliphatic heterocycles. The summed E-state index contributed by atoms with van der Waals surface area (Å²) in [6.07, 6.45) is 0. The predicted molar refractivity (Wildman–Crippen MR) is 85.6 cm³/mol. The fourth-order valence-electron chi connectivity index (χ4n) is 1.53. The van der Waals surface area contributed by atoms with Crippen molar-refractivity contribution >= 4 is 23.3 Å². The third-order valence-electron chi connectivity index (χ3n) is 2.52. The first-order valence-electron chi connectivity index (χ1n) is 6.80. The standard InChI is InChI=1S/C14H24N4O2S/c1-9-10(2)21-11(18-9)7-16-13(15-6)17-8-12(19)20-14(3,4)5/h7-8H2,1-6H3,(H2,15,16,17). The van der Waals surface area contributed by atoms with Crippen LogP contribution in [0.2, 0.25) is 0 Å². The van der Waals surface area contributed by atoms with Crippen molar-refractivity contribution in [1.29, 1.82) is 0 Å². The molecule has 0 spiro atoms. The highest BCUT2D eigenvalue weighted by molar-refractivity contribution is 7.11. The Morgan fingerprint density at radius 2 is 2.00 bits per heavy atom. The number of aliphatic imine (C=N–C) groups is 1. The van der Waals surface area contributed by atoms with Gasteiger partial charge in [0, 0.05) is 11.9 Å².